The minimum Gasteiger partial charge on any atom is -0.469 e. The third-order valence-electron chi connectivity index (χ3n) is 3.25. The summed E-state index contributed by atoms with van der Waals surface area (Å²) in [7, 11) is 3.12. The number of nitrogens with zero attached hydrogens (tertiary/aromatic N) is 1. The van der Waals surface area contributed by atoms with Gasteiger partial charge < -0.3 is 9.64 Å². The number of amides is 1. The minimum atomic E-state index is -0.265. The van der Waals surface area contributed by atoms with Gasteiger partial charge in [-0.1, -0.05) is 13.8 Å². The summed E-state index contributed by atoms with van der Waals surface area (Å²) in [6.45, 7) is 4.18. The molecule has 4 nitrogen and oxygen atoms in total. The Kier molecular flexibility index (Phi) is 4.33. The molecule has 92 valence electrons. The highest BCUT2D eigenvalue weighted by Gasteiger charge is 2.34. The highest BCUT2D eigenvalue weighted by atomic mass is 16.5. The maximum atomic E-state index is 11.9. The zero-order valence-electron chi connectivity index (χ0n) is 10.5. The topological polar surface area (TPSA) is 46.6 Å². The van der Waals surface area contributed by atoms with Crippen LogP contribution in [0.1, 0.15) is 26.7 Å². The fourth-order valence-electron chi connectivity index (χ4n) is 1.92. The fourth-order valence-corrected chi connectivity index (χ4v) is 1.92. The summed E-state index contributed by atoms with van der Waals surface area (Å²) in [5.41, 5.74) is 0. The van der Waals surface area contributed by atoms with Gasteiger partial charge in [0.25, 0.3) is 0 Å². The summed E-state index contributed by atoms with van der Waals surface area (Å²) in [6, 6.07) is 0. The van der Waals surface area contributed by atoms with Gasteiger partial charge in [0.1, 0.15) is 0 Å². The predicted octanol–water partition coefficient (Wildman–Crippen LogP) is 1.30. The van der Waals surface area contributed by atoms with Crippen molar-refractivity contribution in [1.29, 1.82) is 0 Å². The van der Waals surface area contributed by atoms with E-state index in [-0.39, 0.29) is 23.7 Å². The molecule has 1 aliphatic rings. The van der Waals surface area contributed by atoms with Gasteiger partial charge in [-0.15, -0.1) is 0 Å². The molecule has 0 aliphatic heterocycles. The first-order chi connectivity index (χ1) is 7.47. The maximum Gasteiger partial charge on any atom is 0.310 e. The Morgan fingerprint density at radius 2 is 1.94 bits per heavy atom. The SMILES string of the molecule is COC(=O)C(C)CN(C)C(=O)C(C)C1CC1. The van der Waals surface area contributed by atoms with E-state index in [1.54, 1.807) is 18.9 Å². The minimum absolute atomic E-state index is 0.0925. The Labute approximate surface area is 96.9 Å². The number of esters is 1. The summed E-state index contributed by atoms with van der Waals surface area (Å²) >= 11 is 0. The standard InChI is InChI=1S/C12H21NO3/c1-8(12(15)16-4)7-13(3)11(14)9(2)10-5-6-10/h8-10H,5-7H2,1-4H3. The third kappa shape index (κ3) is 3.22. The average Bonchev–Trinajstić information content (AvgIpc) is 3.09. The van der Waals surface area contributed by atoms with Crippen LogP contribution in [-0.4, -0.2) is 37.5 Å². The van der Waals surface area contributed by atoms with Gasteiger partial charge in [0.2, 0.25) is 5.91 Å². The van der Waals surface area contributed by atoms with Crippen LogP contribution in [0.2, 0.25) is 0 Å². The van der Waals surface area contributed by atoms with Gasteiger partial charge in [0, 0.05) is 19.5 Å². The lowest BCUT2D eigenvalue weighted by atomic mass is 10.0. The molecule has 0 radical (unpaired) electrons. The molecule has 4 heteroatoms. The van der Waals surface area contributed by atoms with Crippen LogP contribution < -0.4 is 0 Å². The van der Waals surface area contributed by atoms with Gasteiger partial charge in [0.15, 0.2) is 0 Å². The molecule has 1 fully saturated rings. The maximum absolute atomic E-state index is 11.9. The van der Waals surface area contributed by atoms with Crippen LogP contribution in [0.5, 0.6) is 0 Å². The van der Waals surface area contributed by atoms with Gasteiger partial charge in [-0.05, 0) is 18.8 Å². The van der Waals surface area contributed by atoms with Crippen molar-refractivity contribution in [2.75, 3.05) is 20.7 Å². The number of methoxy groups -OCH3 is 1. The molecular formula is C12H21NO3. The summed E-state index contributed by atoms with van der Waals surface area (Å²) in [5.74, 6) is 0.264. The molecule has 1 saturated carbocycles. The Morgan fingerprint density at radius 3 is 2.38 bits per heavy atom. The van der Waals surface area contributed by atoms with Gasteiger partial charge in [-0.3, -0.25) is 9.59 Å². The molecular weight excluding hydrogens is 206 g/mol. The van der Waals surface area contributed by atoms with Crippen LogP contribution in [0.4, 0.5) is 0 Å². The lowest BCUT2D eigenvalue weighted by Gasteiger charge is -2.23. The van der Waals surface area contributed by atoms with Crippen molar-refractivity contribution < 1.29 is 14.3 Å². The Bertz CT molecular complexity index is 273. The van der Waals surface area contributed by atoms with E-state index in [2.05, 4.69) is 4.74 Å². The summed E-state index contributed by atoms with van der Waals surface area (Å²) in [4.78, 5) is 24.8. The monoisotopic (exact) mass is 227 g/mol. The van der Waals surface area contributed by atoms with Crippen LogP contribution in [0, 0.1) is 17.8 Å². The number of ether oxygens (including phenoxy) is 1. The van der Waals surface area contributed by atoms with Crippen LogP contribution in [-0.2, 0) is 14.3 Å². The number of rotatable bonds is 5. The van der Waals surface area contributed by atoms with Crippen LogP contribution in [0.25, 0.3) is 0 Å². The molecule has 2 atom stereocenters. The number of hydrogen-bond acceptors (Lipinski definition) is 3. The third-order valence-corrected chi connectivity index (χ3v) is 3.25. The Hall–Kier alpha value is -1.06. The van der Waals surface area contributed by atoms with Crippen molar-refractivity contribution >= 4 is 11.9 Å². The first-order valence-corrected chi connectivity index (χ1v) is 5.80. The second kappa shape index (κ2) is 5.32. The van der Waals surface area contributed by atoms with E-state index in [0.29, 0.717) is 12.5 Å². The molecule has 2 unspecified atom stereocenters. The van der Waals surface area contributed by atoms with Crippen molar-refractivity contribution in [3.63, 3.8) is 0 Å². The van der Waals surface area contributed by atoms with E-state index >= 15 is 0 Å². The van der Waals surface area contributed by atoms with Crippen molar-refractivity contribution in [1.82, 2.24) is 4.90 Å². The van der Waals surface area contributed by atoms with E-state index in [4.69, 9.17) is 0 Å². The van der Waals surface area contributed by atoms with E-state index in [1.165, 1.54) is 7.11 Å². The zero-order valence-corrected chi connectivity index (χ0v) is 10.5. The second-order valence-electron chi connectivity index (χ2n) is 4.77. The first kappa shape index (κ1) is 13.0. The van der Waals surface area contributed by atoms with Gasteiger partial charge in [-0.2, -0.15) is 0 Å². The smallest absolute Gasteiger partial charge is 0.310 e. The molecule has 0 heterocycles. The van der Waals surface area contributed by atoms with E-state index in [0.717, 1.165) is 12.8 Å². The average molecular weight is 227 g/mol. The van der Waals surface area contributed by atoms with Crippen molar-refractivity contribution in [3.05, 3.63) is 0 Å². The van der Waals surface area contributed by atoms with E-state index in [9.17, 15) is 9.59 Å². The van der Waals surface area contributed by atoms with Crippen molar-refractivity contribution in [2.45, 2.75) is 26.7 Å². The summed E-state index contributed by atoms with van der Waals surface area (Å²) in [6.07, 6.45) is 2.32. The highest BCUT2D eigenvalue weighted by molar-refractivity contribution is 5.80. The van der Waals surface area contributed by atoms with Crippen LogP contribution >= 0.6 is 0 Å². The molecule has 1 aliphatic carbocycles. The Balaban J connectivity index is 2.41. The molecule has 16 heavy (non-hydrogen) atoms. The quantitative estimate of drug-likeness (QED) is 0.665. The number of carbonyl (C=O) groups is 2. The molecule has 1 rings (SSSR count). The molecule has 0 aromatic heterocycles. The van der Waals surface area contributed by atoms with Crippen LogP contribution in [0.15, 0.2) is 0 Å². The lowest BCUT2D eigenvalue weighted by molar-refractivity contribution is -0.146. The molecule has 0 bridgehead atoms. The van der Waals surface area contributed by atoms with Gasteiger partial charge in [-0.25, -0.2) is 0 Å². The van der Waals surface area contributed by atoms with Crippen LogP contribution in [0.3, 0.4) is 0 Å². The summed E-state index contributed by atoms with van der Waals surface area (Å²) < 4.78 is 4.64. The van der Waals surface area contributed by atoms with Gasteiger partial charge in [0.05, 0.1) is 13.0 Å². The number of hydrogen-bond donors (Lipinski definition) is 0. The molecule has 1 amide bonds. The number of carbonyl (C=O) groups excluding carboxylic acids is 2. The van der Waals surface area contributed by atoms with Crippen molar-refractivity contribution in [3.8, 4) is 0 Å². The zero-order chi connectivity index (χ0) is 12.3. The highest BCUT2D eigenvalue weighted by Crippen LogP contribution is 2.37. The van der Waals surface area contributed by atoms with Gasteiger partial charge >= 0.3 is 5.97 Å². The Morgan fingerprint density at radius 1 is 1.38 bits per heavy atom. The molecule has 0 N–H and O–H groups in total. The van der Waals surface area contributed by atoms with E-state index in [1.807, 2.05) is 6.92 Å². The first-order valence-electron chi connectivity index (χ1n) is 5.80. The lowest BCUT2D eigenvalue weighted by Crippen LogP contribution is -2.37. The largest absolute Gasteiger partial charge is 0.469 e. The molecule has 0 saturated heterocycles. The normalized spacial score (nSPS) is 18.8. The molecule has 0 aromatic rings. The van der Waals surface area contributed by atoms with E-state index < -0.39 is 0 Å². The molecule has 0 aromatic carbocycles. The van der Waals surface area contributed by atoms with Crippen molar-refractivity contribution in [2.24, 2.45) is 17.8 Å². The molecule has 0 spiro atoms. The second-order valence-corrected chi connectivity index (χ2v) is 4.77. The predicted molar refractivity (Wildman–Crippen MR) is 60.7 cm³/mol. The summed E-state index contributed by atoms with van der Waals surface area (Å²) in [5, 5.41) is 0. The fraction of sp³-hybridized carbons (Fsp3) is 0.833.